The molecule has 0 N–H and O–H groups in total. The number of hydrogen-bond donors (Lipinski definition) is 0. The number of rotatable bonds is 5. The summed E-state index contributed by atoms with van der Waals surface area (Å²) in [6.07, 6.45) is 3.13. The molecule has 2 aromatic rings. The summed E-state index contributed by atoms with van der Waals surface area (Å²) in [4.78, 5) is 21.2. The van der Waals surface area contributed by atoms with E-state index in [9.17, 15) is 4.79 Å². The van der Waals surface area contributed by atoms with E-state index in [-0.39, 0.29) is 5.91 Å². The molecule has 0 aromatic carbocycles. The number of nitrogens with zero attached hydrogens (tertiary/aromatic N) is 4. The van der Waals surface area contributed by atoms with E-state index in [0.29, 0.717) is 31.3 Å². The van der Waals surface area contributed by atoms with Gasteiger partial charge < -0.3 is 13.8 Å². The van der Waals surface area contributed by atoms with Gasteiger partial charge in [-0.1, -0.05) is 12.1 Å². The Morgan fingerprint density at radius 1 is 1.28 bits per heavy atom. The van der Waals surface area contributed by atoms with Gasteiger partial charge in [0.1, 0.15) is 5.76 Å². The molecule has 2 aliphatic rings. The molecular weight excluding hydrogens is 320 g/mol. The van der Waals surface area contributed by atoms with E-state index in [1.165, 1.54) is 0 Å². The standard InChI is InChI=1S/C18H24N4O3/c1-3-14-12(2)10-15(24-14)18(23)22-8-6-21(7-9-22)11-16-19-17(25-20-16)13-4-5-13/h10,13H,3-9,11H2,1-2H3. The zero-order valence-electron chi connectivity index (χ0n) is 14.8. The lowest BCUT2D eigenvalue weighted by atomic mass is 10.2. The number of aromatic nitrogens is 2. The van der Waals surface area contributed by atoms with Crippen molar-refractivity contribution in [3.8, 4) is 0 Å². The van der Waals surface area contributed by atoms with Gasteiger partial charge in [-0.3, -0.25) is 9.69 Å². The van der Waals surface area contributed by atoms with Crippen molar-refractivity contribution in [2.24, 2.45) is 0 Å². The van der Waals surface area contributed by atoms with E-state index in [4.69, 9.17) is 8.94 Å². The second kappa shape index (κ2) is 6.63. The minimum Gasteiger partial charge on any atom is -0.456 e. The summed E-state index contributed by atoms with van der Waals surface area (Å²) >= 11 is 0. The quantitative estimate of drug-likeness (QED) is 0.829. The molecule has 0 unspecified atom stereocenters. The molecule has 0 radical (unpaired) electrons. The molecule has 134 valence electrons. The molecule has 0 atom stereocenters. The summed E-state index contributed by atoms with van der Waals surface area (Å²) in [5, 5.41) is 4.07. The molecule has 7 heteroatoms. The van der Waals surface area contributed by atoms with Gasteiger partial charge in [-0.05, 0) is 31.4 Å². The lowest BCUT2D eigenvalue weighted by Gasteiger charge is -2.33. The molecule has 2 fully saturated rings. The average Bonchev–Trinajstić information content (AvgIpc) is 3.26. The van der Waals surface area contributed by atoms with Gasteiger partial charge in [0, 0.05) is 38.5 Å². The van der Waals surface area contributed by atoms with Crippen molar-refractivity contribution < 1.29 is 13.7 Å². The summed E-state index contributed by atoms with van der Waals surface area (Å²) in [7, 11) is 0. The summed E-state index contributed by atoms with van der Waals surface area (Å²) in [5.41, 5.74) is 1.05. The van der Waals surface area contributed by atoms with Crippen molar-refractivity contribution in [2.45, 2.75) is 45.6 Å². The predicted molar refractivity (Wildman–Crippen MR) is 90.3 cm³/mol. The molecule has 1 aliphatic heterocycles. The first-order chi connectivity index (χ1) is 12.1. The van der Waals surface area contributed by atoms with Crippen molar-refractivity contribution in [2.75, 3.05) is 26.2 Å². The molecule has 1 saturated heterocycles. The minimum absolute atomic E-state index is 0.0157. The number of aryl methyl sites for hydroxylation is 2. The van der Waals surface area contributed by atoms with Crippen LogP contribution in [0.4, 0.5) is 0 Å². The topological polar surface area (TPSA) is 75.6 Å². The smallest absolute Gasteiger partial charge is 0.289 e. The van der Waals surface area contributed by atoms with E-state index in [2.05, 4.69) is 15.0 Å². The van der Waals surface area contributed by atoms with Crippen molar-refractivity contribution >= 4 is 5.91 Å². The maximum absolute atomic E-state index is 12.6. The molecule has 1 aliphatic carbocycles. The first-order valence-corrected chi connectivity index (χ1v) is 9.07. The van der Waals surface area contributed by atoms with Crippen LogP contribution >= 0.6 is 0 Å². The molecule has 25 heavy (non-hydrogen) atoms. The third-order valence-corrected chi connectivity index (χ3v) is 4.99. The molecule has 3 heterocycles. The maximum Gasteiger partial charge on any atom is 0.289 e. The van der Waals surface area contributed by atoms with Gasteiger partial charge in [-0.25, -0.2) is 0 Å². The van der Waals surface area contributed by atoms with Crippen LogP contribution in [-0.4, -0.2) is 52.0 Å². The number of carbonyl (C=O) groups excluding carboxylic acids is 1. The zero-order valence-corrected chi connectivity index (χ0v) is 14.8. The Kier molecular flexibility index (Phi) is 4.33. The minimum atomic E-state index is -0.0157. The maximum atomic E-state index is 12.6. The van der Waals surface area contributed by atoms with Crippen LogP contribution in [0, 0.1) is 6.92 Å². The lowest BCUT2D eigenvalue weighted by molar-refractivity contribution is 0.0592. The van der Waals surface area contributed by atoms with Crippen LogP contribution in [0.5, 0.6) is 0 Å². The Morgan fingerprint density at radius 3 is 2.68 bits per heavy atom. The van der Waals surface area contributed by atoms with Crippen LogP contribution in [0.25, 0.3) is 0 Å². The molecular formula is C18H24N4O3. The summed E-state index contributed by atoms with van der Waals surface area (Å²) in [6, 6.07) is 1.85. The van der Waals surface area contributed by atoms with Gasteiger partial charge >= 0.3 is 0 Å². The van der Waals surface area contributed by atoms with E-state index in [1.54, 1.807) is 0 Å². The first kappa shape index (κ1) is 16.3. The second-order valence-electron chi connectivity index (χ2n) is 6.96. The summed E-state index contributed by atoms with van der Waals surface area (Å²) in [5.74, 6) is 3.35. The molecule has 0 spiro atoms. The van der Waals surface area contributed by atoms with Crippen LogP contribution in [0.2, 0.25) is 0 Å². The fourth-order valence-corrected chi connectivity index (χ4v) is 3.27. The predicted octanol–water partition coefficient (Wildman–Crippen LogP) is 2.37. The van der Waals surface area contributed by atoms with Gasteiger partial charge in [-0.15, -0.1) is 0 Å². The SMILES string of the molecule is CCc1oc(C(=O)N2CCN(Cc3noc(C4CC4)n3)CC2)cc1C. The molecule has 1 saturated carbocycles. The first-order valence-electron chi connectivity index (χ1n) is 9.07. The molecule has 4 rings (SSSR count). The molecule has 2 aromatic heterocycles. The monoisotopic (exact) mass is 344 g/mol. The Labute approximate surface area is 147 Å². The van der Waals surface area contributed by atoms with Gasteiger partial charge in [0.15, 0.2) is 11.6 Å². The highest BCUT2D eigenvalue weighted by molar-refractivity contribution is 5.91. The fraction of sp³-hybridized carbons (Fsp3) is 0.611. The second-order valence-corrected chi connectivity index (χ2v) is 6.96. The highest BCUT2D eigenvalue weighted by Gasteiger charge is 2.30. The molecule has 7 nitrogen and oxygen atoms in total. The normalized spacial score (nSPS) is 18.7. The number of furan rings is 1. The Hall–Kier alpha value is -2.15. The van der Waals surface area contributed by atoms with Crippen molar-refractivity contribution in [1.82, 2.24) is 19.9 Å². The van der Waals surface area contributed by atoms with Crippen LogP contribution in [0.1, 0.15) is 59.3 Å². The molecule has 1 amide bonds. The average molecular weight is 344 g/mol. The highest BCUT2D eigenvalue weighted by Crippen LogP contribution is 2.38. The number of piperazine rings is 1. The number of amides is 1. The van der Waals surface area contributed by atoms with Gasteiger partial charge in [0.2, 0.25) is 5.89 Å². The van der Waals surface area contributed by atoms with Crippen LogP contribution < -0.4 is 0 Å². The van der Waals surface area contributed by atoms with E-state index in [0.717, 1.165) is 55.4 Å². The van der Waals surface area contributed by atoms with Crippen molar-refractivity contribution in [1.29, 1.82) is 0 Å². The van der Waals surface area contributed by atoms with Gasteiger partial charge in [0.25, 0.3) is 5.91 Å². The number of carbonyl (C=O) groups is 1. The Morgan fingerprint density at radius 2 is 2.04 bits per heavy atom. The van der Waals surface area contributed by atoms with Crippen molar-refractivity contribution in [3.05, 3.63) is 34.9 Å². The zero-order chi connectivity index (χ0) is 17.4. The lowest BCUT2D eigenvalue weighted by Crippen LogP contribution is -2.48. The van der Waals surface area contributed by atoms with E-state index < -0.39 is 0 Å². The van der Waals surface area contributed by atoms with E-state index >= 15 is 0 Å². The Bertz CT molecular complexity index is 754. The van der Waals surface area contributed by atoms with E-state index in [1.807, 2.05) is 24.8 Å². The summed E-state index contributed by atoms with van der Waals surface area (Å²) in [6.45, 7) is 7.68. The fourth-order valence-electron chi connectivity index (χ4n) is 3.27. The summed E-state index contributed by atoms with van der Waals surface area (Å²) < 4.78 is 11.0. The third-order valence-electron chi connectivity index (χ3n) is 4.99. The van der Waals surface area contributed by atoms with Crippen LogP contribution in [-0.2, 0) is 13.0 Å². The third kappa shape index (κ3) is 3.46. The number of hydrogen-bond acceptors (Lipinski definition) is 6. The Balaban J connectivity index is 1.31. The van der Waals surface area contributed by atoms with Gasteiger partial charge in [0.05, 0.1) is 6.54 Å². The molecule has 0 bridgehead atoms. The van der Waals surface area contributed by atoms with Crippen LogP contribution in [0.15, 0.2) is 15.0 Å². The highest BCUT2D eigenvalue weighted by atomic mass is 16.5. The largest absolute Gasteiger partial charge is 0.456 e. The van der Waals surface area contributed by atoms with Crippen LogP contribution in [0.3, 0.4) is 0 Å². The van der Waals surface area contributed by atoms with Gasteiger partial charge in [-0.2, -0.15) is 4.98 Å². The van der Waals surface area contributed by atoms with Crippen molar-refractivity contribution in [3.63, 3.8) is 0 Å².